The van der Waals surface area contributed by atoms with Crippen LogP contribution in [0.5, 0.6) is 0 Å². The fourth-order valence-electron chi connectivity index (χ4n) is 4.12. The van der Waals surface area contributed by atoms with Gasteiger partial charge in [0.05, 0.1) is 11.1 Å². The second kappa shape index (κ2) is 7.58. The van der Waals surface area contributed by atoms with Crippen molar-refractivity contribution in [3.8, 4) is 0 Å². The minimum absolute atomic E-state index is 0.0440. The van der Waals surface area contributed by atoms with Gasteiger partial charge >= 0.3 is 0 Å². The molecule has 1 aliphatic heterocycles. The second-order valence-corrected chi connectivity index (χ2v) is 7.96. The first-order valence-corrected chi connectivity index (χ1v) is 9.54. The van der Waals surface area contributed by atoms with Crippen LogP contribution in [-0.2, 0) is 0 Å². The lowest BCUT2D eigenvalue weighted by molar-refractivity contribution is -0.385. The van der Waals surface area contributed by atoms with Gasteiger partial charge in [-0.2, -0.15) is 5.10 Å². The first-order chi connectivity index (χ1) is 13.2. The highest BCUT2D eigenvalue weighted by Gasteiger charge is 2.35. The highest BCUT2D eigenvalue weighted by molar-refractivity contribution is 5.84. The van der Waals surface area contributed by atoms with E-state index in [1.54, 1.807) is 12.3 Å². The minimum atomic E-state index is -0.474. The fourth-order valence-corrected chi connectivity index (χ4v) is 4.12. The van der Waals surface area contributed by atoms with Gasteiger partial charge in [0, 0.05) is 23.8 Å². The van der Waals surface area contributed by atoms with Crippen LogP contribution >= 0.6 is 0 Å². The number of nitrogens with one attached hydrogen (secondary N) is 1. The van der Waals surface area contributed by atoms with Crippen molar-refractivity contribution in [1.29, 1.82) is 0 Å². The zero-order valence-electron chi connectivity index (χ0n) is 17.1. The van der Waals surface area contributed by atoms with Crippen LogP contribution in [0.15, 0.2) is 35.6 Å². The van der Waals surface area contributed by atoms with E-state index in [2.05, 4.69) is 67.2 Å². The first kappa shape index (κ1) is 19.8. The molecule has 2 heterocycles. The van der Waals surface area contributed by atoms with Gasteiger partial charge in [0.2, 0.25) is 0 Å². The molecule has 0 fully saturated rings. The van der Waals surface area contributed by atoms with Crippen molar-refractivity contribution >= 4 is 23.4 Å². The lowest BCUT2D eigenvalue weighted by Crippen LogP contribution is -2.48. The highest BCUT2D eigenvalue weighted by atomic mass is 16.6. The summed E-state index contributed by atoms with van der Waals surface area (Å²) in [5.74, 6) is 0.939. The van der Waals surface area contributed by atoms with E-state index in [0.717, 1.165) is 24.1 Å². The van der Waals surface area contributed by atoms with Crippen molar-refractivity contribution in [3.05, 3.63) is 57.3 Å². The summed E-state index contributed by atoms with van der Waals surface area (Å²) in [4.78, 5) is 16.7. The maximum Gasteiger partial charge on any atom is 0.287 e. The lowest BCUT2D eigenvalue weighted by atomic mass is 9.79. The standard InChI is InChI=1S/C21H27N5O2/c1-6-25-19-9-14(2)16(10-18(19)15(3)11-21(25,4)5)12-23-24-20-8-7-17(13-22-20)26(27)28/h7-10,12-13,15H,6,11H2,1-5H3,(H,22,24)/b23-12-/t15-/m1/s1. The van der Waals surface area contributed by atoms with Crippen molar-refractivity contribution in [2.24, 2.45) is 5.10 Å². The third kappa shape index (κ3) is 3.83. The molecule has 0 aliphatic carbocycles. The number of hydrogen-bond acceptors (Lipinski definition) is 6. The molecule has 0 spiro atoms. The normalized spacial score (nSPS) is 18.2. The molecule has 1 aliphatic rings. The number of benzene rings is 1. The molecule has 0 amide bonds. The molecule has 1 atom stereocenters. The number of hydrazone groups is 1. The van der Waals surface area contributed by atoms with E-state index in [1.807, 2.05) is 0 Å². The van der Waals surface area contributed by atoms with E-state index in [-0.39, 0.29) is 11.2 Å². The largest absolute Gasteiger partial charge is 0.366 e. The molecular weight excluding hydrogens is 354 g/mol. The summed E-state index contributed by atoms with van der Waals surface area (Å²) in [5.41, 5.74) is 7.81. The van der Waals surface area contributed by atoms with Gasteiger partial charge in [0.25, 0.3) is 5.69 Å². The molecule has 1 aromatic carbocycles. The van der Waals surface area contributed by atoms with Gasteiger partial charge in [-0.25, -0.2) is 4.98 Å². The van der Waals surface area contributed by atoms with Crippen LogP contribution in [0, 0.1) is 17.0 Å². The van der Waals surface area contributed by atoms with Crippen molar-refractivity contribution in [2.45, 2.75) is 52.5 Å². The molecule has 0 unspecified atom stereocenters. The Labute approximate surface area is 165 Å². The summed E-state index contributed by atoms with van der Waals surface area (Å²) in [6.45, 7) is 12.2. The first-order valence-electron chi connectivity index (χ1n) is 9.54. The SMILES string of the molecule is CCN1c2cc(C)c(/C=N\Nc3ccc([N+](=O)[O-])cn3)cc2[C@H](C)CC1(C)C. The van der Waals surface area contributed by atoms with Crippen molar-refractivity contribution in [1.82, 2.24) is 4.98 Å². The van der Waals surface area contributed by atoms with Crippen LogP contribution in [0.1, 0.15) is 56.7 Å². The molecule has 3 rings (SSSR count). The Hall–Kier alpha value is -2.96. The van der Waals surface area contributed by atoms with Crippen LogP contribution in [0.2, 0.25) is 0 Å². The molecule has 0 bridgehead atoms. The minimum Gasteiger partial charge on any atom is -0.366 e. The zero-order chi connectivity index (χ0) is 20.5. The second-order valence-electron chi connectivity index (χ2n) is 7.96. The molecular formula is C21H27N5O2. The predicted octanol–water partition coefficient (Wildman–Crippen LogP) is 4.86. The summed E-state index contributed by atoms with van der Waals surface area (Å²) < 4.78 is 0. The molecule has 0 radical (unpaired) electrons. The number of rotatable bonds is 5. The summed E-state index contributed by atoms with van der Waals surface area (Å²) in [6.07, 6.45) is 4.10. The molecule has 7 heteroatoms. The van der Waals surface area contributed by atoms with Crippen molar-refractivity contribution < 1.29 is 4.92 Å². The van der Waals surface area contributed by atoms with Crippen LogP contribution in [-0.4, -0.2) is 28.2 Å². The number of nitro groups is 1. The molecule has 148 valence electrons. The predicted molar refractivity (Wildman–Crippen MR) is 113 cm³/mol. The number of anilines is 2. The summed E-state index contributed by atoms with van der Waals surface area (Å²) in [6, 6.07) is 7.42. The highest BCUT2D eigenvalue weighted by Crippen LogP contribution is 2.43. The van der Waals surface area contributed by atoms with E-state index in [4.69, 9.17) is 0 Å². The Morgan fingerprint density at radius 1 is 1.43 bits per heavy atom. The molecule has 0 saturated heterocycles. The smallest absolute Gasteiger partial charge is 0.287 e. The zero-order valence-corrected chi connectivity index (χ0v) is 17.1. The van der Waals surface area contributed by atoms with E-state index in [0.29, 0.717) is 11.7 Å². The lowest BCUT2D eigenvalue weighted by Gasteiger charge is -2.47. The Kier molecular flexibility index (Phi) is 5.36. The van der Waals surface area contributed by atoms with E-state index >= 15 is 0 Å². The number of pyridine rings is 1. The topological polar surface area (TPSA) is 83.7 Å². The van der Waals surface area contributed by atoms with Gasteiger partial charge < -0.3 is 4.90 Å². The monoisotopic (exact) mass is 381 g/mol. The summed E-state index contributed by atoms with van der Waals surface area (Å²) in [5, 5.41) is 15.0. The number of aromatic nitrogens is 1. The third-order valence-electron chi connectivity index (χ3n) is 5.43. The Balaban J connectivity index is 1.83. The quantitative estimate of drug-likeness (QED) is 0.454. The Morgan fingerprint density at radius 2 is 2.18 bits per heavy atom. The van der Waals surface area contributed by atoms with Crippen LogP contribution in [0.4, 0.5) is 17.2 Å². The van der Waals surface area contributed by atoms with Gasteiger partial charge in [-0.15, -0.1) is 0 Å². The van der Waals surface area contributed by atoms with Crippen molar-refractivity contribution in [2.75, 3.05) is 16.9 Å². The Morgan fingerprint density at radius 3 is 2.79 bits per heavy atom. The van der Waals surface area contributed by atoms with Gasteiger partial charge in [-0.05, 0) is 74.9 Å². The fraction of sp³-hybridized carbons (Fsp3) is 0.429. The number of nitrogens with zero attached hydrogens (tertiary/aromatic N) is 4. The van der Waals surface area contributed by atoms with Crippen LogP contribution in [0.25, 0.3) is 0 Å². The van der Waals surface area contributed by atoms with Gasteiger partial charge in [0.1, 0.15) is 12.0 Å². The molecule has 7 nitrogen and oxygen atoms in total. The van der Waals surface area contributed by atoms with Gasteiger partial charge in [0.15, 0.2) is 0 Å². The van der Waals surface area contributed by atoms with Gasteiger partial charge in [-0.1, -0.05) is 6.92 Å². The van der Waals surface area contributed by atoms with E-state index in [1.165, 1.54) is 23.5 Å². The van der Waals surface area contributed by atoms with Gasteiger partial charge in [-0.3, -0.25) is 15.5 Å². The summed E-state index contributed by atoms with van der Waals surface area (Å²) in [7, 11) is 0. The Bertz CT molecular complexity index is 906. The number of fused-ring (bicyclic) bond motifs is 1. The average Bonchev–Trinajstić information content (AvgIpc) is 2.62. The van der Waals surface area contributed by atoms with Crippen molar-refractivity contribution in [3.63, 3.8) is 0 Å². The average molecular weight is 381 g/mol. The molecule has 28 heavy (non-hydrogen) atoms. The van der Waals surface area contributed by atoms with E-state index < -0.39 is 4.92 Å². The maximum absolute atomic E-state index is 10.7. The number of hydrogen-bond donors (Lipinski definition) is 1. The molecule has 0 saturated carbocycles. The summed E-state index contributed by atoms with van der Waals surface area (Å²) >= 11 is 0. The van der Waals surface area contributed by atoms with Crippen LogP contribution < -0.4 is 10.3 Å². The molecule has 2 aromatic rings. The third-order valence-corrected chi connectivity index (χ3v) is 5.43. The molecule has 1 aromatic heterocycles. The number of aryl methyl sites for hydroxylation is 1. The maximum atomic E-state index is 10.7. The molecule has 1 N–H and O–H groups in total. The van der Waals surface area contributed by atoms with E-state index in [9.17, 15) is 10.1 Å². The van der Waals surface area contributed by atoms with Crippen LogP contribution in [0.3, 0.4) is 0 Å².